The molecule has 1 saturated heterocycles. The van der Waals surface area contributed by atoms with Crippen molar-refractivity contribution < 1.29 is 27.9 Å². The number of hydrogen-bond donors (Lipinski definition) is 2. The number of aromatic nitrogens is 2. The molecular weight excluding hydrogens is 547 g/mol. The molecule has 4 aromatic rings. The molecule has 11 heteroatoms. The number of carbonyl (C=O) groups is 2. The molecule has 0 aliphatic carbocycles. The summed E-state index contributed by atoms with van der Waals surface area (Å²) in [5, 5.41) is 16.8. The molecule has 5 rings (SSSR count). The number of nitrogens with zero attached hydrogens (tertiary/aromatic N) is 4. The Morgan fingerprint density at radius 2 is 1.64 bits per heavy atom. The Hall–Kier alpha value is -4.80. The summed E-state index contributed by atoms with van der Waals surface area (Å²) < 4.78 is 42.8. The fourth-order valence-electron chi connectivity index (χ4n) is 4.84. The molecule has 1 fully saturated rings. The number of phenols is 1. The van der Waals surface area contributed by atoms with E-state index in [1.807, 2.05) is 19.1 Å². The van der Waals surface area contributed by atoms with Crippen LogP contribution in [0, 0.1) is 0 Å². The fraction of sp³-hybridized carbons (Fsp3) is 0.258. The lowest BCUT2D eigenvalue weighted by molar-refractivity contribution is -0.137. The third kappa shape index (κ3) is 6.40. The van der Waals surface area contributed by atoms with Crippen molar-refractivity contribution in [3.8, 4) is 22.6 Å². The third-order valence-electron chi connectivity index (χ3n) is 7.12. The molecule has 0 spiro atoms. The van der Waals surface area contributed by atoms with E-state index in [-0.39, 0.29) is 22.9 Å². The predicted molar refractivity (Wildman–Crippen MR) is 153 cm³/mol. The van der Waals surface area contributed by atoms with Crippen LogP contribution in [0.1, 0.15) is 39.6 Å². The van der Waals surface area contributed by atoms with Gasteiger partial charge in [-0.3, -0.25) is 9.59 Å². The highest BCUT2D eigenvalue weighted by Gasteiger charge is 2.33. The summed E-state index contributed by atoms with van der Waals surface area (Å²) >= 11 is 0. The number of rotatable bonds is 7. The number of piperazine rings is 1. The molecule has 2 heterocycles. The largest absolute Gasteiger partial charge is 0.508 e. The van der Waals surface area contributed by atoms with Crippen molar-refractivity contribution in [2.75, 3.05) is 37.6 Å². The van der Waals surface area contributed by atoms with Crippen LogP contribution in [0.3, 0.4) is 0 Å². The first-order chi connectivity index (χ1) is 20.1. The van der Waals surface area contributed by atoms with Gasteiger partial charge in [-0.05, 0) is 66.6 Å². The van der Waals surface area contributed by atoms with Gasteiger partial charge >= 0.3 is 6.18 Å². The Balaban J connectivity index is 1.32. The van der Waals surface area contributed by atoms with Gasteiger partial charge in [0.05, 0.1) is 17.4 Å². The molecule has 0 unspecified atom stereocenters. The highest BCUT2D eigenvalue weighted by Crippen LogP contribution is 2.33. The summed E-state index contributed by atoms with van der Waals surface area (Å²) in [7, 11) is 0. The molecule has 1 aromatic heterocycles. The first-order valence-corrected chi connectivity index (χ1v) is 13.6. The maximum atomic E-state index is 13.8. The summed E-state index contributed by atoms with van der Waals surface area (Å²) in [6, 6.07) is 16.9. The summed E-state index contributed by atoms with van der Waals surface area (Å²) in [6.07, 6.45) is -0.778. The van der Waals surface area contributed by atoms with E-state index in [4.69, 9.17) is 0 Å². The Bertz CT molecular complexity index is 1580. The number of nitrogens with one attached hydrogen (secondary N) is 1. The third-order valence-corrected chi connectivity index (χ3v) is 7.12. The molecular formula is C31H30F3N5O3. The molecule has 0 atom stereocenters. The summed E-state index contributed by atoms with van der Waals surface area (Å²) in [6.45, 7) is 4.22. The lowest BCUT2D eigenvalue weighted by Crippen LogP contribution is -2.48. The Kier molecular flexibility index (Phi) is 8.19. The van der Waals surface area contributed by atoms with Crippen LogP contribution in [-0.4, -0.2) is 64.3 Å². The van der Waals surface area contributed by atoms with Crippen molar-refractivity contribution in [3.63, 3.8) is 0 Å². The second-order valence-electron chi connectivity index (χ2n) is 10.1. The van der Waals surface area contributed by atoms with Crippen LogP contribution in [-0.2, 0) is 6.18 Å². The highest BCUT2D eigenvalue weighted by molar-refractivity contribution is 5.95. The normalized spacial score (nSPS) is 13.7. The van der Waals surface area contributed by atoms with Crippen LogP contribution >= 0.6 is 0 Å². The van der Waals surface area contributed by atoms with Crippen molar-refractivity contribution in [2.24, 2.45) is 0 Å². The highest BCUT2D eigenvalue weighted by atomic mass is 19.4. The molecule has 2 N–H and O–H groups in total. The molecule has 42 heavy (non-hydrogen) atoms. The fourth-order valence-corrected chi connectivity index (χ4v) is 4.84. The van der Waals surface area contributed by atoms with Gasteiger partial charge < -0.3 is 20.2 Å². The van der Waals surface area contributed by atoms with Gasteiger partial charge in [-0.2, -0.15) is 18.3 Å². The van der Waals surface area contributed by atoms with E-state index in [0.717, 1.165) is 24.2 Å². The van der Waals surface area contributed by atoms with Gasteiger partial charge in [-0.1, -0.05) is 19.1 Å². The van der Waals surface area contributed by atoms with E-state index < -0.39 is 17.6 Å². The molecule has 8 nitrogen and oxygen atoms in total. The number of anilines is 1. The molecule has 0 bridgehead atoms. The van der Waals surface area contributed by atoms with Crippen molar-refractivity contribution in [3.05, 3.63) is 95.8 Å². The van der Waals surface area contributed by atoms with Crippen LogP contribution in [0.4, 0.5) is 18.9 Å². The van der Waals surface area contributed by atoms with Crippen LogP contribution < -0.4 is 10.2 Å². The van der Waals surface area contributed by atoms with E-state index in [9.17, 15) is 27.9 Å². The van der Waals surface area contributed by atoms with Crippen molar-refractivity contribution in [2.45, 2.75) is 19.5 Å². The van der Waals surface area contributed by atoms with Crippen molar-refractivity contribution in [1.29, 1.82) is 0 Å². The first kappa shape index (κ1) is 28.7. The molecule has 3 aromatic carbocycles. The summed E-state index contributed by atoms with van der Waals surface area (Å²) in [4.78, 5) is 29.2. The minimum Gasteiger partial charge on any atom is -0.508 e. The molecule has 1 aliphatic heterocycles. The van der Waals surface area contributed by atoms with Gasteiger partial charge in [-0.15, -0.1) is 0 Å². The predicted octanol–water partition coefficient (Wildman–Crippen LogP) is 5.37. The molecule has 1 aliphatic rings. The zero-order valence-electron chi connectivity index (χ0n) is 22.9. The minimum absolute atomic E-state index is 0.0547. The lowest BCUT2D eigenvalue weighted by atomic mass is 10.1. The molecule has 2 amide bonds. The van der Waals surface area contributed by atoms with E-state index in [1.54, 1.807) is 35.4 Å². The van der Waals surface area contributed by atoms with Crippen LogP contribution in [0.15, 0.2) is 79.1 Å². The number of alkyl halides is 3. The number of halogens is 3. The van der Waals surface area contributed by atoms with Gasteiger partial charge in [0.1, 0.15) is 5.75 Å². The number of hydrogen-bond acceptors (Lipinski definition) is 5. The zero-order valence-corrected chi connectivity index (χ0v) is 22.9. The summed E-state index contributed by atoms with van der Waals surface area (Å²) in [5.41, 5.74) is 1.79. The molecule has 0 radical (unpaired) electrons. The minimum atomic E-state index is -4.66. The monoisotopic (exact) mass is 577 g/mol. The second-order valence-corrected chi connectivity index (χ2v) is 10.1. The van der Waals surface area contributed by atoms with E-state index in [0.29, 0.717) is 49.4 Å². The number of amides is 2. The lowest BCUT2D eigenvalue weighted by Gasteiger charge is -2.36. The maximum Gasteiger partial charge on any atom is 0.416 e. The van der Waals surface area contributed by atoms with Crippen molar-refractivity contribution in [1.82, 2.24) is 20.0 Å². The molecule has 218 valence electrons. The molecule has 0 saturated carbocycles. The maximum absolute atomic E-state index is 13.8. The zero-order chi connectivity index (χ0) is 29.9. The van der Waals surface area contributed by atoms with Gasteiger partial charge in [0, 0.05) is 61.3 Å². The summed E-state index contributed by atoms with van der Waals surface area (Å²) in [5.74, 6) is -0.575. The first-order valence-electron chi connectivity index (χ1n) is 13.6. The van der Waals surface area contributed by atoms with Crippen molar-refractivity contribution >= 4 is 17.5 Å². The smallest absolute Gasteiger partial charge is 0.416 e. The van der Waals surface area contributed by atoms with E-state index in [2.05, 4.69) is 15.3 Å². The number of benzene rings is 3. The van der Waals surface area contributed by atoms with Gasteiger partial charge in [0.2, 0.25) is 0 Å². The quantitative estimate of drug-likeness (QED) is 0.309. The number of aromatic hydroxyl groups is 1. The van der Waals surface area contributed by atoms with Gasteiger partial charge in [-0.25, -0.2) is 4.68 Å². The Labute approximate surface area is 241 Å². The average molecular weight is 578 g/mol. The second kappa shape index (κ2) is 12.0. The Morgan fingerprint density at radius 1 is 0.905 bits per heavy atom. The standard InChI is InChI=1S/C31H30F3N5O3/c1-2-10-35-29(41)21-6-8-26(9-7-21)37-11-13-38(14-12-37)30(42)23-15-25(31(32,33)34)18-27(16-23)39-20-24(19-36-39)22-4-3-5-28(40)17-22/h3-9,15-20,40H,2,10-14H2,1H3,(H,35,41). The number of phenolic OH excluding ortho intramolecular Hbond substituents is 1. The SMILES string of the molecule is CCCNC(=O)c1ccc(N2CCN(C(=O)c3cc(-n4cc(-c5cccc(O)c5)cn4)cc(C(F)(F)F)c3)CC2)cc1. The van der Waals surface area contributed by atoms with Crippen LogP contribution in [0.25, 0.3) is 16.8 Å². The topological polar surface area (TPSA) is 90.7 Å². The van der Waals surface area contributed by atoms with Gasteiger partial charge in [0.15, 0.2) is 0 Å². The average Bonchev–Trinajstić information content (AvgIpc) is 3.50. The van der Waals surface area contributed by atoms with Crippen LogP contribution in [0.5, 0.6) is 5.75 Å². The number of carbonyl (C=O) groups excluding carboxylic acids is 2. The van der Waals surface area contributed by atoms with E-state index in [1.165, 1.54) is 29.1 Å². The van der Waals surface area contributed by atoms with Gasteiger partial charge in [0.25, 0.3) is 11.8 Å². The van der Waals surface area contributed by atoms with E-state index >= 15 is 0 Å². The Morgan fingerprint density at radius 3 is 2.31 bits per heavy atom. The van der Waals surface area contributed by atoms with Crippen LogP contribution in [0.2, 0.25) is 0 Å².